The van der Waals surface area contributed by atoms with Crippen molar-refractivity contribution < 1.29 is 61.1 Å². The Morgan fingerprint density at radius 3 is 0.847 bits per heavy atom. The first-order valence-corrected chi connectivity index (χ1v) is 45.0. The SMILES string of the molecule is Cc1cc(C(=O)N2C=C(C(=O)N(C)C)c3[nH]ncc3C(C)(C)C2)ccc1F.Cc1cc(C(=O)N2C=C(C(=O)N(C)C)c3n[nH]c(C)c3C(C)(C)C2)ccc1F.Cc1cc(C(=O)N2C=C(C(=O)NC(C)C)c3n[nH]c(C)c3C(C)(C)C2)ccc1F.Cc1ccc(C(=O)N2C=C(C(=O)N(C)C)c3[nH]ncc3C(C)(C)C2)cc1.Cc1ccc(C(=O)N2C=C(C(=O)N(C)C)c3n[nH]c(C)c3C(C)(C)C2)cc1. The molecule has 0 spiro atoms. The van der Waals surface area contributed by atoms with E-state index in [0.29, 0.717) is 134 Å². The quantitative estimate of drug-likeness (QED) is 0.0701. The third-order valence-corrected chi connectivity index (χ3v) is 24.5. The number of carbonyl (C=O) groups excluding carboxylic acids is 10. The maximum Gasteiger partial charge on any atom is 0.257 e. The van der Waals surface area contributed by atoms with Gasteiger partial charge >= 0.3 is 0 Å². The molecule has 722 valence electrons. The number of amides is 10. The second-order valence-corrected chi connectivity index (χ2v) is 39.9. The fourth-order valence-electron chi connectivity index (χ4n) is 17.5. The summed E-state index contributed by atoms with van der Waals surface area (Å²) < 4.78 is 40.9. The lowest BCUT2D eigenvalue weighted by atomic mass is 9.82. The predicted molar refractivity (Wildman–Crippen MR) is 521 cm³/mol. The van der Waals surface area contributed by atoms with Crippen LogP contribution in [0.2, 0.25) is 0 Å². The minimum absolute atomic E-state index is 0.0629. The van der Waals surface area contributed by atoms with Crippen molar-refractivity contribution in [3.63, 3.8) is 0 Å². The molecule has 33 heteroatoms. The minimum atomic E-state index is -0.451. The van der Waals surface area contributed by atoms with Gasteiger partial charge in [-0.3, -0.25) is 73.4 Å². The number of aryl methyl sites for hydroxylation is 8. The Morgan fingerprint density at radius 2 is 0.577 bits per heavy atom. The number of hydrogen-bond donors (Lipinski definition) is 6. The van der Waals surface area contributed by atoms with Crippen LogP contribution >= 0.6 is 0 Å². The molecule has 5 aromatic heterocycles. The summed E-state index contributed by atoms with van der Waals surface area (Å²) in [5.74, 6) is -3.30. The molecule has 0 saturated heterocycles. The molecule has 5 aliphatic heterocycles. The van der Waals surface area contributed by atoms with Crippen LogP contribution in [0.3, 0.4) is 0 Å². The smallest absolute Gasteiger partial charge is 0.257 e. The zero-order chi connectivity index (χ0) is 101. The molecule has 6 N–H and O–H groups in total. The van der Waals surface area contributed by atoms with E-state index in [2.05, 4.69) is 70.2 Å². The highest BCUT2D eigenvalue weighted by molar-refractivity contribution is 6.23. The highest BCUT2D eigenvalue weighted by Crippen LogP contribution is 2.43. The molecule has 5 aromatic carbocycles. The molecule has 0 aliphatic carbocycles. The van der Waals surface area contributed by atoms with Gasteiger partial charge < -0.3 is 49.4 Å². The Morgan fingerprint density at radius 1 is 0.336 bits per heavy atom. The van der Waals surface area contributed by atoms with Crippen LogP contribution in [0.15, 0.2) is 147 Å². The van der Waals surface area contributed by atoms with E-state index < -0.39 is 16.2 Å². The molecule has 5 aliphatic rings. The van der Waals surface area contributed by atoms with Gasteiger partial charge in [-0.05, 0) is 165 Å². The van der Waals surface area contributed by atoms with E-state index in [9.17, 15) is 61.1 Å². The van der Waals surface area contributed by atoms with Gasteiger partial charge in [0.05, 0.1) is 51.6 Å². The van der Waals surface area contributed by atoms with Crippen molar-refractivity contribution in [2.45, 2.75) is 172 Å². The van der Waals surface area contributed by atoms with Crippen molar-refractivity contribution in [1.29, 1.82) is 0 Å². The number of hydrogen-bond acceptors (Lipinski definition) is 15. The fraction of sp³-hybridized carbons (Fsp3) is 0.375. The maximum atomic E-state index is 13.7. The number of benzene rings is 5. The van der Waals surface area contributed by atoms with E-state index in [1.165, 1.54) is 88.9 Å². The molecule has 10 heterocycles. The Hall–Kier alpha value is -14.7. The van der Waals surface area contributed by atoms with Crippen molar-refractivity contribution >= 4 is 86.9 Å². The van der Waals surface area contributed by atoms with Gasteiger partial charge in [-0.25, -0.2) is 13.2 Å². The normalized spacial score (nSPS) is 15.6. The Bertz CT molecular complexity index is 6540. The first-order chi connectivity index (χ1) is 64.0. The van der Waals surface area contributed by atoms with Gasteiger partial charge in [0.2, 0.25) is 0 Å². The number of aromatic nitrogens is 10. The molecule has 137 heavy (non-hydrogen) atoms. The van der Waals surface area contributed by atoms with E-state index in [4.69, 9.17) is 0 Å². The number of fused-ring (bicyclic) bond motifs is 5. The number of nitrogens with one attached hydrogen (secondary N) is 6. The first-order valence-electron chi connectivity index (χ1n) is 45.0. The van der Waals surface area contributed by atoms with Crippen LogP contribution in [-0.4, -0.2) is 249 Å². The highest BCUT2D eigenvalue weighted by atomic mass is 19.1. The van der Waals surface area contributed by atoms with Crippen LogP contribution in [0.1, 0.15) is 236 Å². The van der Waals surface area contributed by atoms with Crippen LogP contribution in [-0.2, 0) is 51.0 Å². The van der Waals surface area contributed by atoms with Crippen molar-refractivity contribution in [1.82, 2.24) is 100 Å². The topological polar surface area (TPSA) is 355 Å². The van der Waals surface area contributed by atoms with E-state index in [0.717, 1.165) is 56.0 Å². The van der Waals surface area contributed by atoms with Crippen LogP contribution in [0.25, 0.3) is 27.9 Å². The number of carbonyl (C=O) groups is 10. The summed E-state index contributed by atoms with van der Waals surface area (Å²) in [7, 11) is 13.4. The zero-order valence-electron chi connectivity index (χ0n) is 83.4. The Balaban J connectivity index is 0.000000164. The first kappa shape index (κ1) is 103. The molecule has 30 nitrogen and oxygen atoms in total. The third-order valence-electron chi connectivity index (χ3n) is 24.5. The predicted octanol–water partition coefficient (Wildman–Crippen LogP) is 14.7. The summed E-state index contributed by atoms with van der Waals surface area (Å²) in [6.45, 7) is 40.6. The van der Waals surface area contributed by atoms with Gasteiger partial charge in [0, 0.05) is 226 Å². The summed E-state index contributed by atoms with van der Waals surface area (Å²) in [6, 6.07) is 27.7. The Kier molecular flexibility index (Phi) is 30.4. The second-order valence-electron chi connectivity index (χ2n) is 39.9. The molecule has 0 fully saturated rings. The van der Waals surface area contributed by atoms with Gasteiger partial charge in [-0.2, -0.15) is 25.5 Å². The largest absolute Gasteiger partial charge is 0.350 e. The van der Waals surface area contributed by atoms with E-state index in [1.807, 2.05) is 152 Å². The Labute approximate surface area is 798 Å². The average Bonchev–Trinajstić information content (AvgIpc) is 1.63. The third kappa shape index (κ3) is 22.3. The highest BCUT2D eigenvalue weighted by Gasteiger charge is 2.44. The van der Waals surface area contributed by atoms with Crippen LogP contribution in [0, 0.1) is 72.8 Å². The monoisotopic (exact) mass is 1870 g/mol. The number of halogens is 3. The summed E-state index contributed by atoms with van der Waals surface area (Å²) in [5, 5.41) is 39.0. The second kappa shape index (κ2) is 40.5. The number of nitrogens with zero attached hydrogens (tertiary/aromatic N) is 14. The molecular formula is C104H125F3N20O10. The van der Waals surface area contributed by atoms with Gasteiger partial charge in [0.25, 0.3) is 59.1 Å². The van der Waals surface area contributed by atoms with Crippen LogP contribution in [0.4, 0.5) is 13.2 Å². The molecule has 0 unspecified atom stereocenters. The summed E-state index contributed by atoms with van der Waals surface area (Å²) in [4.78, 5) is 144. The van der Waals surface area contributed by atoms with Crippen molar-refractivity contribution in [2.24, 2.45) is 0 Å². The summed E-state index contributed by atoms with van der Waals surface area (Å²) >= 11 is 0. The molecule has 10 aromatic rings. The molecule has 0 radical (unpaired) electrons. The van der Waals surface area contributed by atoms with E-state index >= 15 is 0 Å². The molecule has 10 amide bonds. The molecule has 0 saturated carbocycles. The molecular weight excluding hydrogens is 1750 g/mol. The zero-order valence-corrected chi connectivity index (χ0v) is 83.4. The van der Waals surface area contributed by atoms with Gasteiger partial charge in [0.1, 0.15) is 34.5 Å². The lowest BCUT2D eigenvalue weighted by Gasteiger charge is -2.29. The van der Waals surface area contributed by atoms with Gasteiger partial charge in [-0.1, -0.05) is 105 Å². The summed E-state index contributed by atoms with van der Waals surface area (Å²) in [5.41, 5.74) is 15.8. The van der Waals surface area contributed by atoms with E-state index in [1.54, 1.807) is 130 Å². The van der Waals surface area contributed by atoms with Crippen molar-refractivity contribution in [3.05, 3.63) is 293 Å². The lowest BCUT2D eigenvalue weighted by molar-refractivity contribution is -0.123. The minimum Gasteiger partial charge on any atom is -0.350 e. The average molecular weight is 1870 g/mol. The number of likely N-dealkylation sites (N-methyl/N-ethyl adjacent to an activating group) is 4. The van der Waals surface area contributed by atoms with Crippen LogP contribution < -0.4 is 5.32 Å². The fourth-order valence-corrected chi connectivity index (χ4v) is 17.5. The molecule has 0 bridgehead atoms. The number of aromatic amines is 5. The molecule has 0 atom stereocenters. The lowest BCUT2D eigenvalue weighted by Crippen LogP contribution is -2.37. The standard InChI is InChI=1S/C22H27FN4O2.C21H25FN4O2.C21H26N4O2.C20H23FN4O2.C20H24N4O2/c1-12(2)24-20(28)16-10-27(21(29)15-7-8-17(23)13(3)9-15)11-22(5,6)18-14(4)25-26-19(16)18;1-12-9-14(7-8-16(12)22)19(27)26-10-15(20(28)25(5)6)18-17(13(2)23-24-18)21(3,4)11-26;1-13-7-9-15(10-8-13)19(26)25-11-16(20(27)24(5)6)18-17(14(2)22-23-18)21(3,4)12-25;1-12-8-13(6-7-16(12)21)18(26)25-10-14(19(27)24(4)5)17-15(9-22-23-17)20(2,3)11-25;1-13-6-8-14(9-7-13)18(25)24-11-15(19(26)23(4)5)17-16(10-21-22-17)20(2,3)12-24/h7-10,12H,11H2,1-6H3,(H,24,28)(H,25,26);7-10H,11H2,1-6H3,(H,23,24);7-11H,12H2,1-6H3,(H,22,23);6-10H,11H2,1-5H3,(H,22,23);6-11H,12H2,1-5H3,(H,21,22). The van der Waals surface area contributed by atoms with Gasteiger partial charge in [0.15, 0.2) is 0 Å². The van der Waals surface area contributed by atoms with Gasteiger partial charge in [-0.15, -0.1) is 0 Å². The summed E-state index contributed by atoms with van der Waals surface area (Å²) in [6.07, 6.45) is 11.4. The number of rotatable bonds is 11. The van der Waals surface area contributed by atoms with Crippen molar-refractivity contribution in [3.8, 4) is 0 Å². The maximum absolute atomic E-state index is 13.7. The van der Waals surface area contributed by atoms with Crippen molar-refractivity contribution in [2.75, 3.05) is 89.1 Å². The van der Waals surface area contributed by atoms with Crippen LogP contribution in [0.5, 0.6) is 0 Å². The number of H-pyrrole nitrogens is 5. The van der Waals surface area contributed by atoms with E-state index in [-0.39, 0.29) is 93.4 Å². The molecule has 15 rings (SSSR count).